The summed E-state index contributed by atoms with van der Waals surface area (Å²) < 4.78 is 4.82. The summed E-state index contributed by atoms with van der Waals surface area (Å²) in [5.41, 5.74) is 1.74. The van der Waals surface area contributed by atoms with Gasteiger partial charge in [-0.1, -0.05) is 18.2 Å². The van der Waals surface area contributed by atoms with Gasteiger partial charge in [-0.2, -0.15) is 0 Å². The molecule has 0 aliphatic carbocycles. The van der Waals surface area contributed by atoms with Gasteiger partial charge in [-0.05, 0) is 12.1 Å². The molecule has 2 N–H and O–H groups in total. The monoisotopic (exact) mass is 217 g/mol. The fraction of sp³-hybridized carbons (Fsp3) is 0.0833. The molecule has 0 spiro atoms. The van der Waals surface area contributed by atoms with Crippen LogP contribution in [0.15, 0.2) is 47.3 Å². The van der Waals surface area contributed by atoms with Crippen LogP contribution in [0.2, 0.25) is 0 Å². The second-order valence-corrected chi connectivity index (χ2v) is 3.28. The molecule has 0 saturated carbocycles. The van der Waals surface area contributed by atoms with E-state index in [1.165, 1.54) is 12.5 Å². The maximum Gasteiger partial charge on any atom is 0.258 e. The average molecular weight is 217 g/mol. The van der Waals surface area contributed by atoms with Gasteiger partial charge in [0.15, 0.2) is 0 Å². The first-order chi connectivity index (χ1) is 7.81. The van der Waals surface area contributed by atoms with Crippen LogP contribution in [0, 0.1) is 0 Å². The van der Waals surface area contributed by atoms with Crippen LogP contribution in [0.4, 0.5) is 5.69 Å². The van der Waals surface area contributed by atoms with Gasteiger partial charge in [0.25, 0.3) is 5.91 Å². The van der Waals surface area contributed by atoms with E-state index in [1.807, 2.05) is 0 Å². The van der Waals surface area contributed by atoms with E-state index < -0.39 is 0 Å². The van der Waals surface area contributed by atoms with Crippen molar-refractivity contribution in [3.63, 3.8) is 0 Å². The zero-order valence-corrected chi connectivity index (χ0v) is 8.51. The third-order valence-corrected chi connectivity index (χ3v) is 2.22. The summed E-state index contributed by atoms with van der Waals surface area (Å²) in [5, 5.41) is 11.8. The Bertz CT molecular complexity index is 477. The van der Waals surface area contributed by atoms with E-state index in [2.05, 4.69) is 5.32 Å². The molecule has 1 amide bonds. The molecule has 2 aromatic rings. The fourth-order valence-corrected chi connectivity index (χ4v) is 1.37. The third-order valence-electron chi connectivity index (χ3n) is 2.22. The number of aliphatic hydroxyl groups excluding tert-OH is 1. The van der Waals surface area contributed by atoms with Gasteiger partial charge in [-0.25, -0.2) is 0 Å². The number of nitrogens with one attached hydrogen (secondary N) is 1. The summed E-state index contributed by atoms with van der Waals surface area (Å²) in [6.45, 7) is -0.109. The zero-order chi connectivity index (χ0) is 11.4. The molecule has 4 heteroatoms. The zero-order valence-electron chi connectivity index (χ0n) is 8.51. The lowest BCUT2D eigenvalue weighted by Gasteiger charge is -2.07. The minimum atomic E-state index is -0.255. The number of amides is 1. The van der Waals surface area contributed by atoms with Crippen LogP contribution in [0.3, 0.4) is 0 Å². The Labute approximate surface area is 92.5 Å². The van der Waals surface area contributed by atoms with E-state index in [9.17, 15) is 4.79 Å². The SMILES string of the molecule is O=C(Nc1ccccc1CO)c1ccoc1. The van der Waals surface area contributed by atoms with E-state index >= 15 is 0 Å². The molecule has 0 fully saturated rings. The summed E-state index contributed by atoms with van der Waals surface area (Å²) in [7, 11) is 0. The number of aliphatic hydroxyl groups is 1. The van der Waals surface area contributed by atoms with Crippen LogP contribution in [-0.4, -0.2) is 11.0 Å². The summed E-state index contributed by atoms with van der Waals surface area (Å²) in [6.07, 6.45) is 2.81. The highest BCUT2D eigenvalue weighted by molar-refractivity contribution is 6.04. The van der Waals surface area contributed by atoms with Gasteiger partial charge in [-0.15, -0.1) is 0 Å². The summed E-state index contributed by atoms with van der Waals surface area (Å²) >= 11 is 0. The van der Waals surface area contributed by atoms with Crippen molar-refractivity contribution in [1.29, 1.82) is 0 Å². The van der Waals surface area contributed by atoms with Gasteiger partial charge >= 0.3 is 0 Å². The Balaban J connectivity index is 2.18. The molecule has 0 bridgehead atoms. The lowest BCUT2D eigenvalue weighted by atomic mass is 10.2. The largest absolute Gasteiger partial charge is 0.472 e. The van der Waals surface area contributed by atoms with Crippen LogP contribution in [0.5, 0.6) is 0 Å². The first-order valence-corrected chi connectivity index (χ1v) is 4.83. The number of hydrogen-bond donors (Lipinski definition) is 2. The summed E-state index contributed by atoms with van der Waals surface area (Å²) in [5.74, 6) is -0.255. The Kier molecular flexibility index (Phi) is 3.03. The second kappa shape index (κ2) is 4.63. The standard InChI is InChI=1S/C12H11NO3/c14-7-9-3-1-2-4-11(9)13-12(15)10-5-6-16-8-10/h1-6,8,14H,7H2,(H,13,15). The molecule has 0 unspecified atom stereocenters. The van der Waals surface area contributed by atoms with Crippen molar-refractivity contribution >= 4 is 11.6 Å². The molecule has 0 aliphatic rings. The van der Waals surface area contributed by atoms with Crippen molar-refractivity contribution in [1.82, 2.24) is 0 Å². The van der Waals surface area contributed by atoms with Gasteiger partial charge in [-0.3, -0.25) is 4.79 Å². The topological polar surface area (TPSA) is 62.5 Å². The van der Waals surface area contributed by atoms with Gasteiger partial charge in [0.1, 0.15) is 6.26 Å². The normalized spacial score (nSPS) is 10.1. The Morgan fingerprint density at radius 1 is 1.31 bits per heavy atom. The van der Waals surface area contributed by atoms with Gasteiger partial charge < -0.3 is 14.8 Å². The molecule has 4 nitrogen and oxygen atoms in total. The van der Waals surface area contributed by atoms with E-state index in [0.717, 1.165) is 0 Å². The second-order valence-electron chi connectivity index (χ2n) is 3.28. The molecular weight excluding hydrogens is 206 g/mol. The molecule has 82 valence electrons. The molecule has 0 atom stereocenters. The van der Waals surface area contributed by atoms with Gasteiger partial charge in [0.2, 0.25) is 0 Å². The number of furan rings is 1. The van der Waals surface area contributed by atoms with Gasteiger partial charge in [0.05, 0.1) is 18.4 Å². The quantitative estimate of drug-likeness (QED) is 0.826. The van der Waals surface area contributed by atoms with Crippen molar-refractivity contribution in [2.75, 3.05) is 5.32 Å². The molecule has 0 radical (unpaired) electrons. The molecule has 0 saturated heterocycles. The van der Waals surface area contributed by atoms with Crippen LogP contribution in [-0.2, 0) is 6.61 Å². The smallest absolute Gasteiger partial charge is 0.258 e. The number of carbonyl (C=O) groups is 1. The van der Waals surface area contributed by atoms with Crippen molar-refractivity contribution < 1.29 is 14.3 Å². The molecule has 0 aliphatic heterocycles. The van der Waals surface area contributed by atoms with Crippen LogP contribution >= 0.6 is 0 Å². The van der Waals surface area contributed by atoms with Crippen molar-refractivity contribution in [2.45, 2.75) is 6.61 Å². The highest BCUT2D eigenvalue weighted by Crippen LogP contribution is 2.16. The predicted molar refractivity (Wildman–Crippen MR) is 59.0 cm³/mol. The maximum absolute atomic E-state index is 11.7. The Morgan fingerprint density at radius 2 is 2.12 bits per heavy atom. The average Bonchev–Trinajstić information content (AvgIpc) is 2.83. The van der Waals surface area contributed by atoms with E-state index in [-0.39, 0.29) is 12.5 Å². The summed E-state index contributed by atoms with van der Waals surface area (Å²) in [6, 6.07) is 8.68. The van der Waals surface area contributed by atoms with Crippen LogP contribution in [0.1, 0.15) is 15.9 Å². The Hall–Kier alpha value is -2.07. The predicted octanol–water partition coefficient (Wildman–Crippen LogP) is 2.02. The van der Waals surface area contributed by atoms with E-state index in [4.69, 9.17) is 9.52 Å². The lowest BCUT2D eigenvalue weighted by Crippen LogP contribution is -2.12. The first-order valence-electron chi connectivity index (χ1n) is 4.83. The molecular formula is C12H11NO3. The highest BCUT2D eigenvalue weighted by atomic mass is 16.3. The number of rotatable bonds is 3. The number of anilines is 1. The molecule has 16 heavy (non-hydrogen) atoms. The number of benzene rings is 1. The van der Waals surface area contributed by atoms with Crippen LogP contribution in [0.25, 0.3) is 0 Å². The van der Waals surface area contributed by atoms with Crippen molar-refractivity contribution in [3.05, 3.63) is 54.0 Å². The van der Waals surface area contributed by atoms with Crippen molar-refractivity contribution in [2.24, 2.45) is 0 Å². The number of carbonyl (C=O) groups excluding carboxylic acids is 1. The van der Waals surface area contributed by atoms with Crippen molar-refractivity contribution in [3.8, 4) is 0 Å². The van der Waals surface area contributed by atoms with Gasteiger partial charge in [0, 0.05) is 11.3 Å². The Morgan fingerprint density at radius 3 is 2.81 bits per heavy atom. The highest BCUT2D eigenvalue weighted by Gasteiger charge is 2.08. The first kappa shape index (κ1) is 10.4. The molecule has 1 aromatic carbocycles. The van der Waals surface area contributed by atoms with E-state index in [1.54, 1.807) is 30.3 Å². The number of para-hydroxylation sites is 1. The summed E-state index contributed by atoms with van der Waals surface area (Å²) in [4.78, 5) is 11.7. The minimum Gasteiger partial charge on any atom is -0.472 e. The lowest BCUT2D eigenvalue weighted by molar-refractivity contribution is 0.102. The third kappa shape index (κ3) is 2.12. The van der Waals surface area contributed by atoms with Crippen LogP contribution < -0.4 is 5.32 Å². The minimum absolute atomic E-state index is 0.109. The molecule has 2 rings (SSSR count). The molecule has 1 heterocycles. The maximum atomic E-state index is 11.7. The molecule has 1 aromatic heterocycles. The van der Waals surface area contributed by atoms with E-state index in [0.29, 0.717) is 16.8 Å². The number of hydrogen-bond acceptors (Lipinski definition) is 3. The fourth-order valence-electron chi connectivity index (χ4n) is 1.37.